The molecule has 4 rings (SSSR count). The van der Waals surface area contributed by atoms with Crippen molar-refractivity contribution in [1.29, 1.82) is 0 Å². The standard InChI is InChI=1S/C21H15ClN2O3S/c22-14-6-3-5-13(11-14)19(25)17-18(16-8-4-10-28-16)24(21(27)20(17)26)12-15-7-1-2-9-23-15/h1-11,18,25H,12H2/b19-17-. The van der Waals surface area contributed by atoms with Crippen LogP contribution in [0.5, 0.6) is 0 Å². The average Bonchev–Trinajstić information content (AvgIpc) is 3.31. The number of hydrogen-bond acceptors (Lipinski definition) is 5. The number of aromatic nitrogens is 1. The highest BCUT2D eigenvalue weighted by Gasteiger charge is 2.46. The Kier molecular flexibility index (Phi) is 4.98. The number of halogens is 1. The highest BCUT2D eigenvalue weighted by molar-refractivity contribution is 7.10. The Balaban J connectivity index is 1.84. The molecule has 1 unspecified atom stereocenters. The number of nitrogens with zero attached hydrogens (tertiary/aromatic N) is 2. The van der Waals surface area contributed by atoms with Crippen LogP contribution in [0.4, 0.5) is 0 Å². The Hall–Kier alpha value is -2.96. The zero-order chi connectivity index (χ0) is 19.7. The molecule has 0 saturated carbocycles. The van der Waals surface area contributed by atoms with Gasteiger partial charge in [-0.05, 0) is 35.7 Å². The molecule has 1 aromatic carbocycles. The first kappa shape index (κ1) is 18.4. The Morgan fingerprint density at radius 3 is 2.68 bits per heavy atom. The first-order chi connectivity index (χ1) is 13.6. The van der Waals surface area contributed by atoms with Crippen molar-refractivity contribution in [2.75, 3.05) is 0 Å². The second-order valence-electron chi connectivity index (χ2n) is 6.27. The number of thiophene rings is 1. The molecule has 1 amide bonds. The van der Waals surface area contributed by atoms with E-state index >= 15 is 0 Å². The van der Waals surface area contributed by atoms with Crippen LogP contribution in [0.1, 0.15) is 22.2 Å². The summed E-state index contributed by atoms with van der Waals surface area (Å²) in [4.78, 5) is 32.2. The van der Waals surface area contributed by atoms with Gasteiger partial charge in [-0.1, -0.05) is 35.9 Å². The van der Waals surface area contributed by atoms with E-state index in [9.17, 15) is 14.7 Å². The number of aliphatic hydroxyl groups excluding tert-OH is 1. The van der Waals surface area contributed by atoms with E-state index in [-0.39, 0.29) is 17.9 Å². The summed E-state index contributed by atoms with van der Waals surface area (Å²) in [7, 11) is 0. The van der Waals surface area contributed by atoms with Crippen molar-refractivity contribution in [2.45, 2.75) is 12.6 Å². The highest BCUT2D eigenvalue weighted by atomic mass is 35.5. The summed E-state index contributed by atoms with van der Waals surface area (Å²) in [5.41, 5.74) is 1.12. The molecule has 1 fully saturated rings. The third-order valence-corrected chi connectivity index (χ3v) is 5.67. The fourth-order valence-corrected chi connectivity index (χ4v) is 4.28. The summed E-state index contributed by atoms with van der Waals surface area (Å²) in [6.45, 7) is 0.167. The number of benzene rings is 1. The predicted octanol–water partition coefficient (Wildman–Crippen LogP) is 4.42. The molecule has 140 valence electrons. The van der Waals surface area contributed by atoms with Crippen molar-refractivity contribution < 1.29 is 14.7 Å². The largest absolute Gasteiger partial charge is 0.507 e. The van der Waals surface area contributed by atoms with Gasteiger partial charge in [0.15, 0.2) is 0 Å². The fraction of sp³-hybridized carbons (Fsp3) is 0.0952. The van der Waals surface area contributed by atoms with Crippen molar-refractivity contribution in [3.05, 3.63) is 92.9 Å². The quantitative estimate of drug-likeness (QED) is 0.392. The number of aliphatic hydroxyl groups is 1. The highest BCUT2D eigenvalue weighted by Crippen LogP contribution is 2.41. The number of likely N-dealkylation sites (tertiary alicyclic amines) is 1. The van der Waals surface area contributed by atoms with Gasteiger partial charge in [-0.15, -0.1) is 11.3 Å². The van der Waals surface area contributed by atoms with Crippen LogP contribution >= 0.6 is 22.9 Å². The summed E-state index contributed by atoms with van der Waals surface area (Å²) in [5.74, 6) is -1.61. The Labute approximate surface area is 170 Å². The van der Waals surface area contributed by atoms with E-state index in [0.29, 0.717) is 16.3 Å². The molecule has 1 saturated heterocycles. The van der Waals surface area contributed by atoms with Crippen molar-refractivity contribution >= 4 is 40.4 Å². The molecule has 7 heteroatoms. The molecule has 3 heterocycles. The van der Waals surface area contributed by atoms with Gasteiger partial charge in [-0.2, -0.15) is 0 Å². The topological polar surface area (TPSA) is 70.5 Å². The molecule has 1 N–H and O–H groups in total. The minimum atomic E-state index is -0.716. The molecular weight excluding hydrogens is 396 g/mol. The van der Waals surface area contributed by atoms with Crippen LogP contribution in [-0.2, 0) is 16.1 Å². The smallest absolute Gasteiger partial charge is 0.296 e. The Morgan fingerprint density at radius 2 is 2.00 bits per heavy atom. The molecule has 0 aliphatic carbocycles. The van der Waals surface area contributed by atoms with E-state index in [1.54, 1.807) is 42.6 Å². The molecule has 28 heavy (non-hydrogen) atoms. The lowest BCUT2D eigenvalue weighted by molar-refractivity contribution is -0.140. The molecule has 0 bridgehead atoms. The molecule has 3 aromatic rings. The lowest BCUT2D eigenvalue weighted by atomic mass is 10.00. The minimum Gasteiger partial charge on any atom is -0.507 e. The molecule has 1 aliphatic heterocycles. The van der Waals surface area contributed by atoms with E-state index in [0.717, 1.165) is 4.88 Å². The van der Waals surface area contributed by atoms with Crippen LogP contribution in [-0.4, -0.2) is 26.7 Å². The summed E-state index contributed by atoms with van der Waals surface area (Å²) in [5, 5.41) is 13.2. The number of Topliss-reactive ketones (excluding diaryl/α,β-unsaturated/α-hetero) is 1. The number of amides is 1. The van der Waals surface area contributed by atoms with Gasteiger partial charge in [0, 0.05) is 21.7 Å². The lowest BCUT2D eigenvalue weighted by Crippen LogP contribution is -2.29. The van der Waals surface area contributed by atoms with Gasteiger partial charge in [-0.25, -0.2) is 0 Å². The number of pyridine rings is 1. The number of ketones is 1. The first-order valence-corrected chi connectivity index (χ1v) is 9.79. The predicted molar refractivity (Wildman–Crippen MR) is 108 cm³/mol. The van der Waals surface area contributed by atoms with E-state index in [4.69, 9.17) is 11.6 Å². The maximum Gasteiger partial charge on any atom is 0.296 e. The van der Waals surface area contributed by atoms with Gasteiger partial charge in [0.25, 0.3) is 11.7 Å². The number of rotatable bonds is 4. The number of carbonyl (C=O) groups excluding carboxylic acids is 2. The third-order valence-electron chi connectivity index (χ3n) is 4.51. The summed E-state index contributed by atoms with van der Waals surface area (Å²) in [6.07, 6.45) is 1.64. The second kappa shape index (κ2) is 7.58. The van der Waals surface area contributed by atoms with Crippen LogP contribution < -0.4 is 0 Å². The normalized spacial score (nSPS) is 18.6. The van der Waals surface area contributed by atoms with E-state index < -0.39 is 17.7 Å². The molecule has 0 radical (unpaired) electrons. The zero-order valence-electron chi connectivity index (χ0n) is 14.6. The van der Waals surface area contributed by atoms with Gasteiger partial charge in [0.1, 0.15) is 11.8 Å². The lowest BCUT2D eigenvalue weighted by Gasteiger charge is -2.23. The minimum absolute atomic E-state index is 0.0608. The van der Waals surface area contributed by atoms with Crippen molar-refractivity contribution in [3.63, 3.8) is 0 Å². The van der Waals surface area contributed by atoms with Gasteiger partial charge in [-0.3, -0.25) is 14.6 Å². The number of carbonyl (C=O) groups is 2. The maximum absolute atomic E-state index is 12.9. The Bertz CT molecular complexity index is 1060. The third kappa shape index (κ3) is 3.32. The summed E-state index contributed by atoms with van der Waals surface area (Å²) in [6, 6.07) is 15.0. The fourth-order valence-electron chi connectivity index (χ4n) is 3.24. The molecule has 1 aliphatic rings. The van der Waals surface area contributed by atoms with E-state index in [2.05, 4.69) is 4.98 Å². The SMILES string of the molecule is O=C1C(=O)N(Cc2ccccn2)C(c2cccs2)/C1=C(/O)c1cccc(Cl)c1. The number of hydrogen-bond donors (Lipinski definition) is 1. The van der Waals surface area contributed by atoms with Crippen LogP contribution in [0, 0.1) is 0 Å². The van der Waals surface area contributed by atoms with Gasteiger partial charge in [0.05, 0.1) is 17.8 Å². The van der Waals surface area contributed by atoms with Crippen LogP contribution in [0.15, 0.2) is 71.7 Å². The molecule has 0 spiro atoms. The second-order valence-corrected chi connectivity index (χ2v) is 7.69. The van der Waals surface area contributed by atoms with Gasteiger partial charge in [0.2, 0.25) is 0 Å². The summed E-state index contributed by atoms with van der Waals surface area (Å²) >= 11 is 7.45. The monoisotopic (exact) mass is 410 g/mol. The van der Waals surface area contributed by atoms with Crippen molar-refractivity contribution in [2.24, 2.45) is 0 Å². The molecule has 5 nitrogen and oxygen atoms in total. The van der Waals surface area contributed by atoms with Gasteiger partial charge < -0.3 is 10.0 Å². The molecule has 2 aromatic heterocycles. The molecule has 1 atom stereocenters. The van der Waals surface area contributed by atoms with Gasteiger partial charge >= 0.3 is 0 Å². The zero-order valence-corrected chi connectivity index (χ0v) is 16.2. The van der Waals surface area contributed by atoms with E-state index in [1.165, 1.54) is 16.2 Å². The first-order valence-electron chi connectivity index (χ1n) is 8.54. The maximum atomic E-state index is 12.9. The van der Waals surface area contributed by atoms with Crippen molar-refractivity contribution in [3.8, 4) is 0 Å². The van der Waals surface area contributed by atoms with Crippen LogP contribution in [0.2, 0.25) is 5.02 Å². The summed E-state index contributed by atoms with van der Waals surface area (Å²) < 4.78 is 0. The molecular formula is C21H15ClN2O3S. The van der Waals surface area contributed by atoms with Crippen LogP contribution in [0.25, 0.3) is 5.76 Å². The van der Waals surface area contributed by atoms with Crippen LogP contribution in [0.3, 0.4) is 0 Å². The Morgan fingerprint density at radius 1 is 1.14 bits per heavy atom. The average molecular weight is 411 g/mol. The van der Waals surface area contributed by atoms with E-state index in [1.807, 2.05) is 23.6 Å². The van der Waals surface area contributed by atoms with Crippen molar-refractivity contribution in [1.82, 2.24) is 9.88 Å².